The van der Waals surface area contributed by atoms with Gasteiger partial charge in [-0.05, 0) is 28.1 Å². The van der Waals surface area contributed by atoms with Crippen LogP contribution in [0.3, 0.4) is 0 Å². The third kappa shape index (κ3) is 3.06. The van der Waals surface area contributed by atoms with Crippen LogP contribution in [0, 0.1) is 5.82 Å². The van der Waals surface area contributed by atoms with Crippen molar-refractivity contribution in [3.8, 4) is 0 Å². The van der Waals surface area contributed by atoms with Crippen molar-refractivity contribution in [3.05, 3.63) is 50.9 Å². The highest BCUT2D eigenvalue weighted by Crippen LogP contribution is 2.31. The van der Waals surface area contributed by atoms with Gasteiger partial charge in [-0.25, -0.2) is 12.8 Å². The number of hydrogen-bond donors (Lipinski definition) is 1. The first kappa shape index (κ1) is 15.5. The molecule has 1 aromatic heterocycles. The van der Waals surface area contributed by atoms with Crippen LogP contribution >= 0.6 is 39.1 Å². The fourth-order valence-electron chi connectivity index (χ4n) is 1.38. The number of aromatic nitrogens is 1. The van der Waals surface area contributed by atoms with E-state index in [0.29, 0.717) is 4.47 Å². The number of nitrogens with one attached hydrogen (secondary N) is 1. The zero-order valence-electron chi connectivity index (χ0n) is 9.57. The Hall–Kier alpha value is -0.890. The number of benzene rings is 1. The van der Waals surface area contributed by atoms with Crippen molar-refractivity contribution in [3.63, 3.8) is 0 Å². The molecule has 1 N–H and O–H groups in total. The molecule has 106 valence electrons. The molecule has 4 nitrogen and oxygen atoms in total. The van der Waals surface area contributed by atoms with Crippen molar-refractivity contribution in [2.75, 3.05) is 4.72 Å². The summed E-state index contributed by atoms with van der Waals surface area (Å²) in [5.74, 6) is -1.03. The minimum absolute atomic E-state index is 0.0282. The lowest BCUT2D eigenvalue weighted by Crippen LogP contribution is -2.15. The van der Waals surface area contributed by atoms with Crippen LogP contribution in [-0.2, 0) is 10.0 Å². The van der Waals surface area contributed by atoms with Crippen molar-refractivity contribution in [1.29, 1.82) is 0 Å². The number of hydrogen-bond acceptors (Lipinski definition) is 3. The molecule has 2 aromatic rings. The summed E-state index contributed by atoms with van der Waals surface area (Å²) in [6.07, 6.45) is 2.62. The summed E-state index contributed by atoms with van der Waals surface area (Å²) >= 11 is 14.6. The summed E-state index contributed by atoms with van der Waals surface area (Å²) in [6.45, 7) is 0. The first-order chi connectivity index (χ1) is 9.33. The molecule has 0 saturated carbocycles. The maximum Gasteiger partial charge on any atom is 0.264 e. The number of halogens is 4. The Balaban J connectivity index is 2.47. The second kappa shape index (κ2) is 5.85. The van der Waals surface area contributed by atoms with Crippen molar-refractivity contribution >= 4 is 54.8 Å². The maximum atomic E-state index is 13.8. The van der Waals surface area contributed by atoms with Gasteiger partial charge < -0.3 is 0 Å². The van der Waals surface area contributed by atoms with Crippen molar-refractivity contribution in [2.24, 2.45) is 0 Å². The summed E-state index contributed by atoms with van der Waals surface area (Å²) in [4.78, 5) is 3.22. The third-order valence-corrected chi connectivity index (χ3v) is 5.20. The van der Waals surface area contributed by atoms with Crippen LogP contribution < -0.4 is 4.72 Å². The van der Waals surface area contributed by atoms with E-state index >= 15 is 0 Å². The second-order valence-corrected chi connectivity index (χ2v) is 6.93. The second-order valence-electron chi connectivity index (χ2n) is 3.64. The number of nitrogens with zero attached hydrogens (tertiary/aromatic N) is 1. The quantitative estimate of drug-likeness (QED) is 0.845. The van der Waals surface area contributed by atoms with E-state index in [4.69, 9.17) is 23.2 Å². The molecule has 0 saturated heterocycles. The lowest BCUT2D eigenvalue weighted by Gasteiger charge is -2.11. The molecule has 0 unspecified atom stereocenters. The normalized spacial score (nSPS) is 11.4. The molecule has 0 fully saturated rings. The molecular weight excluding hydrogens is 394 g/mol. The Bertz CT molecular complexity index is 771. The molecule has 0 radical (unpaired) electrons. The molecule has 20 heavy (non-hydrogen) atoms. The number of anilines is 1. The molecule has 0 bridgehead atoms. The molecule has 0 atom stereocenters. The maximum absolute atomic E-state index is 13.8. The van der Waals surface area contributed by atoms with Crippen LogP contribution in [0.2, 0.25) is 10.0 Å². The summed E-state index contributed by atoms with van der Waals surface area (Å²) in [5.41, 5.74) is 0.0282. The van der Waals surface area contributed by atoms with Crippen LogP contribution in [0.4, 0.5) is 10.1 Å². The number of pyridine rings is 1. The topological polar surface area (TPSA) is 59.1 Å². The molecule has 1 heterocycles. The highest BCUT2D eigenvalue weighted by Gasteiger charge is 2.22. The first-order valence-electron chi connectivity index (χ1n) is 5.09. The number of rotatable bonds is 3. The molecule has 9 heteroatoms. The van der Waals surface area contributed by atoms with Crippen LogP contribution in [0.5, 0.6) is 0 Å². The monoisotopic (exact) mass is 398 g/mol. The summed E-state index contributed by atoms with van der Waals surface area (Å²) < 4.78 is 40.6. The fraction of sp³-hybridized carbons (Fsp3) is 0. The zero-order valence-corrected chi connectivity index (χ0v) is 13.5. The Labute approximate surface area is 133 Å². The predicted molar refractivity (Wildman–Crippen MR) is 79.2 cm³/mol. The molecular formula is C11H6BrCl2FN2O2S. The van der Waals surface area contributed by atoms with Crippen molar-refractivity contribution in [2.45, 2.75) is 4.90 Å². The van der Waals surface area contributed by atoms with Gasteiger partial charge >= 0.3 is 0 Å². The Morgan fingerprint density at radius 2 is 1.95 bits per heavy atom. The van der Waals surface area contributed by atoms with Gasteiger partial charge in [-0.3, -0.25) is 9.71 Å². The van der Waals surface area contributed by atoms with Gasteiger partial charge in [0.1, 0.15) is 4.90 Å². The van der Waals surface area contributed by atoms with Gasteiger partial charge in [0.15, 0.2) is 5.82 Å². The predicted octanol–water partition coefficient (Wildman–Crippen LogP) is 4.09. The average molecular weight is 400 g/mol. The standard InChI is InChI=1S/C11H6BrCl2FN2O2S/c12-6-4-16-5-8(10(6)14)17-20(18,19)9-3-1-2-7(13)11(9)15/h1-5,17H. The van der Waals surface area contributed by atoms with Crippen molar-refractivity contribution in [1.82, 2.24) is 4.98 Å². The molecule has 0 amide bonds. The molecule has 0 aliphatic carbocycles. The van der Waals surface area contributed by atoms with Gasteiger partial charge in [0.05, 0.1) is 26.4 Å². The largest absolute Gasteiger partial charge is 0.276 e. The van der Waals surface area contributed by atoms with E-state index in [2.05, 4.69) is 25.6 Å². The van der Waals surface area contributed by atoms with E-state index in [1.807, 2.05) is 0 Å². The SMILES string of the molecule is O=S(=O)(Nc1cncc(Br)c1Cl)c1cccc(Cl)c1F. The van der Waals surface area contributed by atoms with Crippen LogP contribution in [0.15, 0.2) is 40.0 Å². The van der Waals surface area contributed by atoms with Gasteiger partial charge in [0.25, 0.3) is 10.0 Å². The van der Waals surface area contributed by atoms with Gasteiger partial charge in [0.2, 0.25) is 0 Å². The smallest absolute Gasteiger partial charge is 0.264 e. The van der Waals surface area contributed by atoms with Crippen LogP contribution in [0.1, 0.15) is 0 Å². The van der Waals surface area contributed by atoms with Crippen LogP contribution in [0.25, 0.3) is 0 Å². The molecule has 2 rings (SSSR count). The number of sulfonamides is 1. The molecule has 0 spiro atoms. The summed E-state index contributed by atoms with van der Waals surface area (Å²) in [7, 11) is -4.16. The zero-order chi connectivity index (χ0) is 14.9. The molecule has 0 aliphatic heterocycles. The molecule has 0 aliphatic rings. The Kier molecular flexibility index (Phi) is 4.53. The third-order valence-electron chi connectivity index (χ3n) is 2.29. The van der Waals surface area contributed by atoms with E-state index in [-0.39, 0.29) is 15.7 Å². The lowest BCUT2D eigenvalue weighted by molar-refractivity contribution is 0.570. The van der Waals surface area contributed by atoms with E-state index in [1.54, 1.807) is 0 Å². The fourth-order valence-corrected chi connectivity index (χ4v) is 3.30. The molecule has 1 aromatic carbocycles. The minimum atomic E-state index is -4.16. The lowest BCUT2D eigenvalue weighted by atomic mass is 10.3. The highest BCUT2D eigenvalue weighted by atomic mass is 79.9. The van der Waals surface area contributed by atoms with Crippen LogP contribution in [-0.4, -0.2) is 13.4 Å². The van der Waals surface area contributed by atoms with Gasteiger partial charge in [-0.2, -0.15) is 0 Å². The minimum Gasteiger partial charge on any atom is -0.276 e. The highest BCUT2D eigenvalue weighted by molar-refractivity contribution is 9.10. The Morgan fingerprint density at radius 1 is 1.25 bits per heavy atom. The van der Waals surface area contributed by atoms with Gasteiger partial charge in [-0.1, -0.05) is 29.3 Å². The van der Waals surface area contributed by atoms with Gasteiger partial charge in [0, 0.05) is 6.20 Å². The van der Waals surface area contributed by atoms with E-state index in [1.165, 1.54) is 24.5 Å². The summed E-state index contributed by atoms with van der Waals surface area (Å²) in [5, 5.41) is -0.169. The first-order valence-corrected chi connectivity index (χ1v) is 8.12. The van der Waals surface area contributed by atoms with E-state index in [0.717, 1.165) is 6.07 Å². The Morgan fingerprint density at radius 3 is 2.65 bits per heavy atom. The van der Waals surface area contributed by atoms with E-state index < -0.39 is 20.7 Å². The van der Waals surface area contributed by atoms with E-state index in [9.17, 15) is 12.8 Å². The van der Waals surface area contributed by atoms with Gasteiger partial charge in [-0.15, -0.1) is 0 Å². The summed E-state index contributed by atoms with van der Waals surface area (Å²) in [6, 6.07) is 3.69. The average Bonchev–Trinajstić information content (AvgIpc) is 2.38. The van der Waals surface area contributed by atoms with Crippen molar-refractivity contribution < 1.29 is 12.8 Å².